The van der Waals surface area contributed by atoms with Gasteiger partial charge in [-0.25, -0.2) is 0 Å². The fourth-order valence-corrected chi connectivity index (χ4v) is 2.42. The van der Waals surface area contributed by atoms with Crippen LogP contribution in [0.15, 0.2) is 12.1 Å². The Morgan fingerprint density at radius 1 is 1.25 bits per heavy atom. The van der Waals surface area contributed by atoms with Crippen molar-refractivity contribution >= 4 is 5.91 Å². The maximum absolute atomic E-state index is 12.3. The molecule has 0 saturated carbocycles. The van der Waals surface area contributed by atoms with Gasteiger partial charge in [0.15, 0.2) is 11.5 Å². The van der Waals surface area contributed by atoms with E-state index in [1.54, 1.807) is 0 Å². The second-order valence-corrected chi connectivity index (χ2v) is 4.61. The molecule has 3 rings (SSSR count). The standard InChI is InChI=1S/C12H10F3NO4/c13-12(14,15)11(18)16-7-3-8(17)6-2-10-9(1-5(6)7)19-4-20-10/h1-2,7-8,17H,3-4H2,(H,16,18)/t7-,8+/m1/s1. The van der Waals surface area contributed by atoms with Crippen molar-refractivity contribution < 1.29 is 32.5 Å². The summed E-state index contributed by atoms with van der Waals surface area (Å²) in [7, 11) is 0. The predicted molar refractivity (Wildman–Crippen MR) is 59.1 cm³/mol. The number of carbonyl (C=O) groups excluding carboxylic acids is 1. The van der Waals surface area contributed by atoms with Gasteiger partial charge in [-0.3, -0.25) is 4.79 Å². The van der Waals surface area contributed by atoms with Gasteiger partial charge in [0.2, 0.25) is 6.79 Å². The Kier molecular flexibility index (Phi) is 2.79. The number of nitrogens with one attached hydrogen (secondary N) is 1. The minimum absolute atomic E-state index is 0.0138. The summed E-state index contributed by atoms with van der Waals surface area (Å²) in [6.45, 7) is 0.0217. The fourth-order valence-electron chi connectivity index (χ4n) is 2.42. The van der Waals surface area contributed by atoms with E-state index in [0.717, 1.165) is 0 Å². The van der Waals surface area contributed by atoms with E-state index in [-0.39, 0.29) is 13.2 Å². The molecule has 0 spiro atoms. The van der Waals surface area contributed by atoms with E-state index < -0.39 is 24.2 Å². The smallest absolute Gasteiger partial charge is 0.454 e. The van der Waals surface area contributed by atoms with Gasteiger partial charge in [-0.2, -0.15) is 13.2 Å². The lowest BCUT2D eigenvalue weighted by Gasteiger charge is -2.15. The predicted octanol–water partition coefficient (Wildman–Crippen LogP) is 1.57. The van der Waals surface area contributed by atoms with Crippen molar-refractivity contribution in [2.75, 3.05) is 6.79 Å². The second kappa shape index (κ2) is 4.27. The number of ether oxygens (including phenoxy) is 2. The third-order valence-electron chi connectivity index (χ3n) is 3.33. The molecule has 1 heterocycles. The monoisotopic (exact) mass is 289 g/mol. The van der Waals surface area contributed by atoms with Crippen LogP contribution < -0.4 is 14.8 Å². The SMILES string of the molecule is O=C(N[C@@H]1C[C@H](O)c2cc3c(cc21)OCO3)C(F)(F)F. The molecule has 1 aliphatic carbocycles. The van der Waals surface area contributed by atoms with Crippen LogP contribution in [0.2, 0.25) is 0 Å². The normalized spacial score (nSPS) is 23.6. The van der Waals surface area contributed by atoms with Gasteiger partial charge in [-0.1, -0.05) is 0 Å². The summed E-state index contributed by atoms with van der Waals surface area (Å²) in [5.74, 6) is -1.20. The first-order valence-electron chi connectivity index (χ1n) is 5.85. The lowest BCUT2D eigenvalue weighted by molar-refractivity contribution is -0.174. The molecule has 1 aliphatic heterocycles. The zero-order valence-corrected chi connectivity index (χ0v) is 10.0. The van der Waals surface area contributed by atoms with Crippen LogP contribution in [0.25, 0.3) is 0 Å². The summed E-state index contributed by atoms with van der Waals surface area (Å²) in [5, 5.41) is 11.7. The molecule has 2 atom stereocenters. The number of aliphatic hydroxyl groups excluding tert-OH is 1. The molecule has 8 heteroatoms. The first kappa shape index (κ1) is 13.0. The fraction of sp³-hybridized carbons (Fsp3) is 0.417. The lowest BCUT2D eigenvalue weighted by atomic mass is 10.1. The van der Waals surface area contributed by atoms with Crippen molar-refractivity contribution in [3.63, 3.8) is 0 Å². The number of halogens is 3. The number of hydrogen-bond acceptors (Lipinski definition) is 4. The molecule has 1 aromatic rings. The van der Waals surface area contributed by atoms with Crippen LogP contribution in [-0.4, -0.2) is 24.0 Å². The van der Waals surface area contributed by atoms with E-state index in [4.69, 9.17) is 9.47 Å². The molecule has 0 saturated heterocycles. The molecule has 108 valence electrons. The number of benzene rings is 1. The van der Waals surface area contributed by atoms with Crippen molar-refractivity contribution in [1.82, 2.24) is 5.32 Å². The lowest BCUT2D eigenvalue weighted by Crippen LogP contribution is -2.38. The van der Waals surface area contributed by atoms with E-state index in [1.807, 2.05) is 5.32 Å². The Balaban J connectivity index is 1.90. The first-order valence-corrected chi connectivity index (χ1v) is 5.85. The summed E-state index contributed by atoms with van der Waals surface area (Å²) in [6, 6.07) is 2.13. The Morgan fingerprint density at radius 3 is 2.45 bits per heavy atom. The average Bonchev–Trinajstić information content (AvgIpc) is 2.92. The van der Waals surface area contributed by atoms with Gasteiger partial charge in [0, 0.05) is 6.42 Å². The number of alkyl halides is 3. The Morgan fingerprint density at radius 2 is 1.85 bits per heavy atom. The molecule has 1 amide bonds. The Labute approximate surface area is 111 Å². The number of fused-ring (bicyclic) bond motifs is 2. The van der Waals surface area contributed by atoms with E-state index in [1.165, 1.54) is 12.1 Å². The van der Waals surface area contributed by atoms with Gasteiger partial charge in [-0.05, 0) is 23.3 Å². The number of rotatable bonds is 1. The first-order chi connectivity index (χ1) is 9.36. The highest BCUT2D eigenvalue weighted by molar-refractivity contribution is 5.82. The van der Waals surface area contributed by atoms with Crippen molar-refractivity contribution in [3.8, 4) is 11.5 Å². The number of hydrogen-bond donors (Lipinski definition) is 2. The summed E-state index contributed by atoms with van der Waals surface area (Å²) in [6.07, 6.45) is -5.91. The van der Waals surface area contributed by atoms with Gasteiger partial charge in [0.05, 0.1) is 12.1 Å². The zero-order valence-electron chi connectivity index (χ0n) is 10.0. The van der Waals surface area contributed by atoms with Gasteiger partial charge in [0.25, 0.3) is 0 Å². The molecule has 0 radical (unpaired) electrons. The highest BCUT2D eigenvalue weighted by atomic mass is 19.4. The average molecular weight is 289 g/mol. The largest absolute Gasteiger partial charge is 0.471 e. The van der Waals surface area contributed by atoms with Crippen molar-refractivity contribution in [3.05, 3.63) is 23.3 Å². The Bertz CT molecular complexity index is 573. The third-order valence-corrected chi connectivity index (χ3v) is 3.33. The topological polar surface area (TPSA) is 67.8 Å². The van der Waals surface area contributed by atoms with Crippen LogP contribution in [0.5, 0.6) is 11.5 Å². The second-order valence-electron chi connectivity index (χ2n) is 4.61. The van der Waals surface area contributed by atoms with E-state index >= 15 is 0 Å². The zero-order chi connectivity index (χ0) is 14.5. The summed E-state index contributed by atoms with van der Waals surface area (Å²) in [4.78, 5) is 11.0. The highest BCUT2D eigenvalue weighted by Crippen LogP contribution is 2.45. The quantitative estimate of drug-likeness (QED) is 0.823. The molecule has 0 unspecified atom stereocenters. The minimum atomic E-state index is -4.95. The summed E-state index contributed by atoms with van der Waals surface area (Å²) >= 11 is 0. The van der Waals surface area contributed by atoms with Crippen molar-refractivity contribution in [2.45, 2.75) is 24.7 Å². The molecule has 0 aromatic heterocycles. The molecule has 20 heavy (non-hydrogen) atoms. The number of carbonyl (C=O) groups is 1. The van der Waals surface area contributed by atoms with Crippen LogP contribution in [0.4, 0.5) is 13.2 Å². The molecule has 0 bridgehead atoms. The van der Waals surface area contributed by atoms with Gasteiger partial charge in [0.1, 0.15) is 0 Å². The van der Waals surface area contributed by atoms with Crippen LogP contribution in [-0.2, 0) is 4.79 Å². The van der Waals surface area contributed by atoms with Gasteiger partial charge in [-0.15, -0.1) is 0 Å². The minimum Gasteiger partial charge on any atom is -0.454 e. The molecular weight excluding hydrogens is 279 g/mol. The number of amides is 1. The van der Waals surface area contributed by atoms with Gasteiger partial charge >= 0.3 is 12.1 Å². The molecule has 1 aromatic carbocycles. The summed E-state index contributed by atoms with van der Waals surface area (Å²) < 4.78 is 47.1. The molecule has 2 aliphatic rings. The summed E-state index contributed by atoms with van der Waals surface area (Å²) in [5.41, 5.74) is 0.862. The van der Waals surface area contributed by atoms with E-state index in [9.17, 15) is 23.1 Å². The number of aliphatic hydroxyl groups is 1. The molecule has 5 nitrogen and oxygen atoms in total. The van der Waals surface area contributed by atoms with Crippen LogP contribution in [0.3, 0.4) is 0 Å². The van der Waals surface area contributed by atoms with Crippen LogP contribution in [0.1, 0.15) is 29.7 Å². The van der Waals surface area contributed by atoms with Gasteiger partial charge < -0.3 is 19.9 Å². The van der Waals surface area contributed by atoms with Crippen molar-refractivity contribution in [2.24, 2.45) is 0 Å². The highest BCUT2D eigenvalue weighted by Gasteiger charge is 2.42. The molecular formula is C12H10F3NO4. The van der Waals surface area contributed by atoms with E-state index in [2.05, 4.69) is 0 Å². The van der Waals surface area contributed by atoms with Crippen LogP contribution >= 0.6 is 0 Å². The third kappa shape index (κ3) is 2.05. The maximum Gasteiger partial charge on any atom is 0.471 e. The van der Waals surface area contributed by atoms with Crippen molar-refractivity contribution in [1.29, 1.82) is 0 Å². The van der Waals surface area contributed by atoms with Crippen LogP contribution in [0, 0.1) is 0 Å². The maximum atomic E-state index is 12.3. The Hall–Kier alpha value is -1.96. The van der Waals surface area contributed by atoms with E-state index in [0.29, 0.717) is 22.6 Å². The molecule has 0 fully saturated rings. The molecule has 2 N–H and O–H groups in total.